The molecule has 0 unspecified atom stereocenters. The molecule has 2 N–H and O–H groups in total. The second-order valence-electron chi connectivity index (χ2n) is 4.12. The van der Waals surface area contributed by atoms with Crippen LogP contribution in [-0.2, 0) is 4.74 Å². The van der Waals surface area contributed by atoms with Crippen LogP contribution in [0.3, 0.4) is 0 Å². The van der Waals surface area contributed by atoms with Crippen LogP contribution < -0.4 is 5.73 Å². The highest BCUT2D eigenvalue weighted by Crippen LogP contribution is 2.31. The average Bonchev–Trinajstić information content (AvgIpc) is 2.69. The molecule has 0 aliphatic rings. The zero-order chi connectivity index (χ0) is 14.9. The lowest BCUT2D eigenvalue weighted by atomic mass is 10.2. The molecule has 6 heteroatoms. The highest BCUT2D eigenvalue weighted by Gasteiger charge is 2.25. The van der Waals surface area contributed by atoms with Crippen LogP contribution in [0.5, 0.6) is 0 Å². The summed E-state index contributed by atoms with van der Waals surface area (Å²) in [7, 11) is 1.27. The molecule has 0 radical (unpaired) electrons. The summed E-state index contributed by atoms with van der Waals surface area (Å²) in [5.41, 5.74) is 7.42. The van der Waals surface area contributed by atoms with Gasteiger partial charge in [0.2, 0.25) is 0 Å². The molecule has 2 aromatic rings. The third kappa shape index (κ3) is 2.00. The Bertz CT molecular complexity index is 729. The minimum absolute atomic E-state index is 0.165. The van der Waals surface area contributed by atoms with Crippen molar-refractivity contribution in [3.8, 4) is 11.8 Å². The van der Waals surface area contributed by atoms with Gasteiger partial charge in [0.15, 0.2) is 0 Å². The first-order valence-electron chi connectivity index (χ1n) is 5.77. The Morgan fingerprint density at radius 2 is 2.10 bits per heavy atom. The number of para-hydroxylation sites is 1. The van der Waals surface area contributed by atoms with Crippen molar-refractivity contribution < 1.29 is 9.53 Å². The van der Waals surface area contributed by atoms with Gasteiger partial charge >= 0.3 is 5.97 Å². The van der Waals surface area contributed by atoms with E-state index in [1.165, 1.54) is 11.7 Å². The molecule has 0 saturated heterocycles. The van der Waals surface area contributed by atoms with Crippen LogP contribution in [0.1, 0.15) is 21.6 Å². The fraction of sp³-hybridized carbons (Fsp3) is 0.143. The van der Waals surface area contributed by atoms with Crippen molar-refractivity contribution in [1.29, 1.82) is 5.26 Å². The normalized spacial score (nSPS) is 10.1. The number of anilines is 1. The number of nitrogen functional groups attached to an aromatic ring is 1. The van der Waals surface area contributed by atoms with Gasteiger partial charge in [0.1, 0.15) is 17.6 Å². The molecule has 1 heterocycles. The first-order chi connectivity index (χ1) is 9.52. The largest absolute Gasteiger partial charge is 0.464 e. The monoisotopic (exact) mass is 289 g/mol. The summed E-state index contributed by atoms with van der Waals surface area (Å²) in [6.45, 7) is 1.65. The van der Waals surface area contributed by atoms with Gasteiger partial charge in [-0.15, -0.1) is 0 Å². The van der Waals surface area contributed by atoms with Gasteiger partial charge in [-0.1, -0.05) is 23.7 Å². The first-order valence-corrected chi connectivity index (χ1v) is 6.14. The molecule has 102 valence electrons. The summed E-state index contributed by atoms with van der Waals surface area (Å²) < 4.78 is 6.21. The molecule has 0 fully saturated rings. The molecule has 0 bridgehead atoms. The van der Waals surface area contributed by atoms with Gasteiger partial charge in [0.25, 0.3) is 0 Å². The van der Waals surface area contributed by atoms with Crippen LogP contribution >= 0.6 is 11.6 Å². The second kappa shape index (κ2) is 5.27. The Morgan fingerprint density at radius 1 is 1.45 bits per heavy atom. The van der Waals surface area contributed by atoms with Gasteiger partial charge in [-0.3, -0.25) is 4.57 Å². The van der Waals surface area contributed by atoms with Crippen molar-refractivity contribution in [2.75, 3.05) is 12.8 Å². The number of halogens is 1. The maximum Gasteiger partial charge on any atom is 0.355 e. The van der Waals surface area contributed by atoms with Crippen molar-refractivity contribution in [3.63, 3.8) is 0 Å². The molecule has 1 aromatic heterocycles. The van der Waals surface area contributed by atoms with Gasteiger partial charge in [-0.05, 0) is 19.1 Å². The molecular formula is C14H12ClN3O2. The lowest BCUT2D eigenvalue weighted by Gasteiger charge is -2.11. The molecule has 2 rings (SSSR count). The summed E-state index contributed by atoms with van der Waals surface area (Å²) in [5, 5.41) is 9.60. The Hall–Kier alpha value is -2.45. The molecule has 0 amide bonds. The minimum atomic E-state index is -0.574. The van der Waals surface area contributed by atoms with E-state index in [0.29, 0.717) is 16.3 Å². The van der Waals surface area contributed by atoms with Crippen LogP contribution in [0.25, 0.3) is 5.69 Å². The van der Waals surface area contributed by atoms with E-state index in [9.17, 15) is 10.1 Å². The van der Waals surface area contributed by atoms with E-state index in [-0.39, 0.29) is 17.1 Å². The molecule has 5 nitrogen and oxygen atoms in total. The van der Waals surface area contributed by atoms with Crippen LogP contribution in [0.15, 0.2) is 24.3 Å². The summed E-state index contributed by atoms with van der Waals surface area (Å²) in [4.78, 5) is 12.0. The third-order valence-electron chi connectivity index (χ3n) is 3.03. The van der Waals surface area contributed by atoms with Crippen LogP contribution in [0.2, 0.25) is 5.02 Å². The number of esters is 1. The van der Waals surface area contributed by atoms with E-state index in [0.717, 1.165) is 0 Å². The Morgan fingerprint density at radius 3 is 2.65 bits per heavy atom. The number of hydrogen-bond donors (Lipinski definition) is 1. The number of aromatic nitrogens is 1. The van der Waals surface area contributed by atoms with Gasteiger partial charge in [-0.2, -0.15) is 5.26 Å². The number of nitriles is 1. The van der Waals surface area contributed by atoms with Gasteiger partial charge in [-0.25, -0.2) is 4.79 Å². The highest BCUT2D eigenvalue weighted by atomic mass is 35.5. The summed E-state index contributed by atoms with van der Waals surface area (Å²) in [6.07, 6.45) is 0. The maximum atomic E-state index is 12.0. The quantitative estimate of drug-likeness (QED) is 0.862. The number of benzene rings is 1. The molecule has 0 aliphatic heterocycles. The molecule has 0 aliphatic carbocycles. The third-order valence-corrected chi connectivity index (χ3v) is 3.35. The molecule has 1 aromatic carbocycles. The molecule has 20 heavy (non-hydrogen) atoms. The van der Waals surface area contributed by atoms with E-state index in [1.54, 1.807) is 31.2 Å². The number of rotatable bonds is 2. The van der Waals surface area contributed by atoms with Crippen LogP contribution in [-0.4, -0.2) is 17.6 Å². The van der Waals surface area contributed by atoms with E-state index in [1.807, 2.05) is 6.07 Å². The predicted octanol–water partition coefficient (Wildman–Crippen LogP) is 2.68. The maximum absolute atomic E-state index is 12.0. The topological polar surface area (TPSA) is 81.0 Å². The predicted molar refractivity (Wildman–Crippen MR) is 76.0 cm³/mol. The fourth-order valence-corrected chi connectivity index (χ4v) is 2.30. The average molecular weight is 290 g/mol. The number of carbonyl (C=O) groups is 1. The highest BCUT2D eigenvalue weighted by molar-refractivity contribution is 6.32. The van der Waals surface area contributed by atoms with Crippen molar-refractivity contribution >= 4 is 23.4 Å². The fourth-order valence-electron chi connectivity index (χ4n) is 2.08. The zero-order valence-electron chi connectivity index (χ0n) is 11.0. The van der Waals surface area contributed by atoms with E-state index in [2.05, 4.69) is 0 Å². The standard InChI is InChI=1S/C14H12ClN3O2/c1-8-9(7-16)13(17)18(12(8)14(19)20-2)11-6-4-3-5-10(11)15/h3-6H,17H2,1-2H3. The smallest absolute Gasteiger partial charge is 0.355 e. The number of ether oxygens (including phenoxy) is 1. The SMILES string of the molecule is COC(=O)c1c(C)c(C#N)c(N)n1-c1ccccc1Cl. The summed E-state index contributed by atoms with van der Waals surface area (Å²) >= 11 is 6.14. The number of nitrogens with zero attached hydrogens (tertiary/aromatic N) is 2. The molecule has 0 atom stereocenters. The Balaban J connectivity index is 2.86. The van der Waals surface area contributed by atoms with Gasteiger partial charge < -0.3 is 10.5 Å². The lowest BCUT2D eigenvalue weighted by molar-refractivity contribution is 0.0591. The van der Waals surface area contributed by atoms with Crippen molar-refractivity contribution in [1.82, 2.24) is 4.57 Å². The van der Waals surface area contributed by atoms with Crippen LogP contribution in [0, 0.1) is 18.3 Å². The van der Waals surface area contributed by atoms with E-state index in [4.69, 9.17) is 22.1 Å². The summed E-state index contributed by atoms with van der Waals surface area (Å²) in [6, 6.07) is 8.92. The van der Waals surface area contributed by atoms with Crippen molar-refractivity contribution in [3.05, 3.63) is 46.1 Å². The minimum Gasteiger partial charge on any atom is -0.464 e. The van der Waals surface area contributed by atoms with Crippen molar-refractivity contribution in [2.24, 2.45) is 0 Å². The molecule has 0 saturated carbocycles. The number of nitrogens with two attached hydrogens (primary N) is 1. The molecule has 0 spiro atoms. The number of methoxy groups -OCH3 is 1. The number of carbonyl (C=O) groups excluding carboxylic acids is 1. The second-order valence-corrected chi connectivity index (χ2v) is 4.53. The first kappa shape index (κ1) is 14.0. The van der Waals surface area contributed by atoms with Gasteiger partial charge in [0.05, 0.1) is 23.4 Å². The van der Waals surface area contributed by atoms with Crippen LogP contribution in [0.4, 0.5) is 5.82 Å². The van der Waals surface area contributed by atoms with Gasteiger partial charge in [0, 0.05) is 5.56 Å². The zero-order valence-corrected chi connectivity index (χ0v) is 11.7. The number of hydrogen-bond acceptors (Lipinski definition) is 4. The van der Waals surface area contributed by atoms with Crippen molar-refractivity contribution in [2.45, 2.75) is 6.92 Å². The Kier molecular flexibility index (Phi) is 3.68. The van der Waals surface area contributed by atoms with E-state index >= 15 is 0 Å². The summed E-state index contributed by atoms with van der Waals surface area (Å²) in [5.74, 6) is -0.408. The molecular weight excluding hydrogens is 278 g/mol. The van der Waals surface area contributed by atoms with E-state index < -0.39 is 5.97 Å². The Labute approximate surface area is 121 Å². The lowest BCUT2D eigenvalue weighted by Crippen LogP contribution is -2.12.